The molecule has 1 aromatic heterocycles. The number of rotatable bonds is 5. The summed E-state index contributed by atoms with van der Waals surface area (Å²) in [5.41, 5.74) is 1.61. The second kappa shape index (κ2) is 7.08. The van der Waals surface area contributed by atoms with Crippen molar-refractivity contribution in [2.45, 2.75) is 20.3 Å². The molecule has 1 heterocycles. The zero-order valence-corrected chi connectivity index (χ0v) is 13.5. The van der Waals surface area contributed by atoms with Gasteiger partial charge in [0.15, 0.2) is 5.78 Å². The van der Waals surface area contributed by atoms with E-state index in [1.54, 1.807) is 6.92 Å². The number of halogens is 1. The molecular formula is C17H17FN2O4. The van der Waals surface area contributed by atoms with E-state index in [-0.39, 0.29) is 23.5 Å². The lowest BCUT2D eigenvalue weighted by molar-refractivity contribution is -0.115. The monoisotopic (exact) mass is 332 g/mol. The molecule has 0 radical (unpaired) electrons. The molecule has 0 saturated heterocycles. The first-order valence-electron chi connectivity index (χ1n) is 7.19. The van der Waals surface area contributed by atoms with Crippen LogP contribution in [-0.2, 0) is 16.0 Å². The molecule has 1 amide bonds. The van der Waals surface area contributed by atoms with Crippen molar-refractivity contribution in [2.75, 3.05) is 12.4 Å². The number of aromatic amines is 1. The molecule has 2 rings (SSSR count). The summed E-state index contributed by atoms with van der Waals surface area (Å²) in [6.45, 7) is 2.98. The Balaban J connectivity index is 2.26. The normalized spacial score (nSPS) is 10.3. The van der Waals surface area contributed by atoms with Crippen LogP contribution in [0.3, 0.4) is 0 Å². The fourth-order valence-electron chi connectivity index (χ4n) is 2.42. The van der Waals surface area contributed by atoms with Crippen molar-refractivity contribution >= 4 is 23.3 Å². The molecule has 0 aliphatic rings. The van der Waals surface area contributed by atoms with Gasteiger partial charge in [-0.2, -0.15) is 0 Å². The van der Waals surface area contributed by atoms with Gasteiger partial charge in [0, 0.05) is 18.3 Å². The Labute approximate surface area is 138 Å². The number of carbonyl (C=O) groups is 3. The summed E-state index contributed by atoms with van der Waals surface area (Å²) in [6.07, 6.45) is -0.157. The number of esters is 1. The van der Waals surface area contributed by atoms with Crippen LogP contribution >= 0.6 is 0 Å². The SMILES string of the molecule is COC(=O)c1c(CC(=O)Nc2ccc(F)cc2)[nH]c(C(C)=O)c1C. The highest BCUT2D eigenvalue weighted by Gasteiger charge is 2.24. The van der Waals surface area contributed by atoms with E-state index in [2.05, 4.69) is 10.3 Å². The molecule has 1 aromatic carbocycles. The van der Waals surface area contributed by atoms with Gasteiger partial charge in [-0.25, -0.2) is 9.18 Å². The van der Waals surface area contributed by atoms with Gasteiger partial charge in [0.25, 0.3) is 0 Å². The molecule has 2 aromatic rings. The molecule has 0 atom stereocenters. The molecule has 0 aliphatic carbocycles. The van der Waals surface area contributed by atoms with Crippen molar-refractivity contribution in [3.63, 3.8) is 0 Å². The second-order valence-electron chi connectivity index (χ2n) is 5.26. The molecule has 0 bridgehead atoms. The van der Waals surface area contributed by atoms with E-state index >= 15 is 0 Å². The quantitative estimate of drug-likeness (QED) is 0.651. The molecule has 0 spiro atoms. The van der Waals surface area contributed by atoms with Gasteiger partial charge in [-0.15, -0.1) is 0 Å². The van der Waals surface area contributed by atoms with E-state index in [1.807, 2.05) is 0 Å². The predicted molar refractivity (Wildman–Crippen MR) is 85.6 cm³/mol. The van der Waals surface area contributed by atoms with Crippen LogP contribution in [0.2, 0.25) is 0 Å². The lowest BCUT2D eigenvalue weighted by Crippen LogP contribution is -2.17. The van der Waals surface area contributed by atoms with Gasteiger partial charge in [-0.1, -0.05) is 0 Å². The first-order valence-corrected chi connectivity index (χ1v) is 7.19. The number of ether oxygens (including phenoxy) is 1. The standard InChI is InChI=1S/C17H17FN2O4/c1-9-15(17(23)24-3)13(20-16(9)10(2)21)8-14(22)19-12-6-4-11(18)5-7-12/h4-7,20H,8H2,1-3H3,(H,19,22). The van der Waals surface area contributed by atoms with Gasteiger partial charge in [-0.3, -0.25) is 9.59 Å². The van der Waals surface area contributed by atoms with Crippen LogP contribution in [0.4, 0.5) is 10.1 Å². The molecule has 0 saturated carbocycles. The highest BCUT2D eigenvalue weighted by Crippen LogP contribution is 2.21. The van der Waals surface area contributed by atoms with Crippen LogP contribution in [0.15, 0.2) is 24.3 Å². The summed E-state index contributed by atoms with van der Waals surface area (Å²) < 4.78 is 17.6. The van der Waals surface area contributed by atoms with E-state index in [0.29, 0.717) is 16.9 Å². The second-order valence-corrected chi connectivity index (χ2v) is 5.26. The number of ketones is 1. The van der Waals surface area contributed by atoms with Crippen molar-refractivity contribution in [3.8, 4) is 0 Å². The smallest absolute Gasteiger partial charge is 0.339 e. The van der Waals surface area contributed by atoms with Crippen LogP contribution < -0.4 is 5.32 Å². The number of hydrogen-bond acceptors (Lipinski definition) is 4. The van der Waals surface area contributed by atoms with Crippen LogP contribution in [0.1, 0.15) is 39.0 Å². The summed E-state index contributed by atoms with van der Waals surface area (Å²) >= 11 is 0. The van der Waals surface area contributed by atoms with Gasteiger partial charge in [0.2, 0.25) is 5.91 Å². The summed E-state index contributed by atoms with van der Waals surface area (Å²) in [5.74, 6) is -1.70. The number of benzene rings is 1. The van der Waals surface area contributed by atoms with Gasteiger partial charge < -0.3 is 15.0 Å². The summed E-state index contributed by atoms with van der Waals surface area (Å²) in [7, 11) is 1.23. The van der Waals surface area contributed by atoms with E-state index in [9.17, 15) is 18.8 Å². The first-order chi connectivity index (χ1) is 11.3. The third-order valence-corrected chi connectivity index (χ3v) is 3.53. The number of methoxy groups -OCH3 is 1. The maximum absolute atomic E-state index is 12.9. The first kappa shape index (κ1) is 17.4. The molecule has 24 heavy (non-hydrogen) atoms. The Bertz CT molecular complexity index is 794. The molecule has 2 N–H and O–H groups in total. The number of H-pyrrole nitrogens is 1. The Kier molecular flexibility index (Phi) is 5.13. The highest BCUT2D eigenvalue weighted by atomic mass is 19.1. The molecule has 0 unspecified atom stereocenters. The number of carbonyl (C=O) groups excluding carboxylic acids is 3. The minimum absolute atomic E-state index is 0.157. The van der Waals surface area contributed by atoms with E-state index in [0.717, 1.165) is 0 Å². The Hall–Kier alpha value is -2.96. The number of anilines is 1. The molecule has 126 valence electrons. The third kappa shape index (κ3) is 3.68. The van der Waals surface area contributed by atoms with Crippen molar-refractivity contribution in [3.05, 3.63) is 52.6 Å². The minimum Gasteiger partial charge on any atom is -0.465 e. The average Bonchev–Trinajstić information content (AvgIpc) is 2.85. The number of nitrogens with one attached hydrogen (secondary N) is 2. The topological polar surface area (TPSA) is 88.3 Å². The average molecular weight is 332 g/mol. The zero-order chi connectivity index (χ0) is 17.9. The molecule has 7 heteroatoms. The Morgan fingerprint density at radius 3 is 2.38 bits per heavy atom. The summed E-state index contributed by atoms with van der Waals surface area (Å²) in [6, 6.07) is 5.30. The van der Waals surface area contributed by atoms with Crippen LogP contribution in [0, 0.1) is 12.7 Å². The number of aromatic nitrogens is 1. The van der Waals surface area contributed by atoms with Gasteiger partial charge in [0.05, 0.1) is 24.8 Å². The lowest BCUT2D eigenvalue weighted by atomic mass is 10.1. The molecule has 0 fully saturated rings. The van der Waals surface area contributed by atoms with Gasteiger partial charge in [0.1, 0.15) is 5.82 Å². The molecular weight excluding hydrogens is 315 g/mol. The minimum atomic E-state index is -0.624. The zero-order valence-electron chi connectivity index (χ0n) is 13.5. The van der Waals surface area contributed by atoms with E-state index in [4.69, 9.17) is 4.74 Å². The molecule has 0 aliphatic heterocycles. The van der Waals surface area contributed by atoms with Crippen molar-refractivity contribution in [2.24, 2.45) is 0 Å². The highest BCUT2D eigenvalue weighted by molar-refractivity contribution is 6.02. The number of amides is 1. The molecule has 6 nitrogen and oxygen atoms in total. The number of hydrogen-bond donors (Lipinski definition) is 2. The number of Topliss-reactive ketones (excluding diaryl/α,β-unsaturated/α-hetero) is 1. The third-order valence-electron chi connectivity index (χ3n) is 3.53. The summed E-state index contributed by atoms with van der Waals surface area (Å²) in [4.78, 5) is 38.6. The van der Waals surface area contributed by atoms with E-state index in [1.165, 1.54) is 38.3 Å². The van der Waals surface area contributed by atoms with Gasteiger partial charge in [-0.05, 0) is 36.8 Å². The fourth-order valence-corrected chi connectivity index (χ4v) is 2.42. The van der Waals surface area contributed by atoms with Crippen LogP contribution in [0.25, 0.3) is 0 Å². The Morgan fingerprint density at radius 1 is 1.21 bits per heavy atom. The Morgan fingerprint density at radius 2 is 1.83 bits per heavy atom. The van der Waals surface area contributed by atoms with Crippen molar-refractivity contribution < 1.29 is 23.5 Å². The maximum atomic E-state index is 12.9. The van der Waals surface area contributed by atoms with Crippen LogP contribution in [-0.4, -0.2) is 29.8 Å². The van der Waals surface area contributed by atoms with Crippen molar-refractivity contribution in [1.82, 2.24) is 4.98 Å². The van der Waals surface area contributed by atoms with Gasteiger partial charge >= 0.3 is 5.97 Å². The van der Waals surface area contributed by atoms with Crippen LogP contribution in [0.5, 0.6) is 0 Å². The lowest BCUT2D eigenvalue weighted by Gasteiger charge is -2.06. The summed E-state index contributed by atoms with van der Waals surface area (Å²) in [5, 5.41) is 2.60. The van der Waals surface area contributed by atoms with Crippen molar-refractivity contribution in [1.29, 1.82) is 0 Å². The van der Waals surface area contributed by atoms with E-state index < -0.39 is 17.7 Å². The largest absolute Gasteiger partial charge is 0.465 e. The maximum Gasteiger partial charge on any atom is 0.339 e. The predicted octanol–water partition coefficient (Wildman–Crippen LogP) is 2.63. The fraction of sp³-hybridized carbons (Fsp3) is 0.235.